The minimum absolute atomic E-state index is 0.121. The number of hydrogen-bond acceptors (Lipinski definition) is 4. The van der Waals surface area contributed by atoms with Gasteiger partial charge in [0.1, 0.15) is 17.4 Å². The van der Waals surface area contributed by atoms with Crippen molar-refractivity contribution in [2.75, 3.05) is 0 Å². The molecule has 2 aromatic rings. The van der Waals surface area contributed by atoms with E-state index in [2.05, 4.69) is 18.8 Å². The molecule has 5 heteroatoms. The SMILES string of the molecule is CCC(N)Cc1cccc(Cl)c1OCc1nc(C)c(C)s1. The summed E-state index contributed by atoms with van der Waals surface area (Å²) in [7, 11) is 0. The van der Waals surface area contributed by atoms with Crippen LogP contribution in [-0.4, -0.2) is 11.0 Å². The van der Waals surface area contributed by atoms with Gasteiger partial charge < -0.3 is 10.5 Å². The van der Waals surface area contributed by atoms with Gasteiger partial charge in [0, 0.05) is 10.9 Å². The van der Waals surface area contributed by atoms with Gasteiger partial charge in [-0.2, -0.15) is 0 Å². The Morgan fingerprint density at radius 2 is 2.14 bits per heavy atom. The highest BCUT2D eigenvalue weighted by Gasteiger charge is 2.13. The van der Waals surface area contributed by atoms with E-state index in [1.807, 2.05) is 25.1 Å². The van der Waals surface area contributed by atoms with Gasteiger partial charge in [0.25, 0.3) is 0 Å². The van der Waals surface area contributed by atoms with E-state index in [1.54, 1.807) is 11.3 Å². The van der Waals surface area contributed by atoms with E-state index in [-0.39, 0.29) is 6.04 Å². The second-order valence-corrected chi connectivity index (χ2v) is 6.83. The zero-order chi connectivity index (χ0) is 15.4. The van der Waals surface area contributed by atoms with Crippen LogP contribution in [0.5, 0.6) is 5.75 Å². The third-order valence-electron chi connectivity index (χ3n) is 3.47. The number of ether oxygens (including phenoxy) is 1. The Labute approximate surface area is 135 Å². The minimum Gasteiger partial charge on any atom is -0.485 e. The van der Waals surface area contributed by atoms with E-state index in [1.165, 1.54) is 4.88 Å². The molecule has 1 heterocycles. The van der Waals surface area contributed by atoms with Gasteiger partial charge in [0.15, 0.2) is 0 Å². The molecule has 0 radical (unpaired) electrons. The third-order valence-corrected chi connectivity index (χ3v) is 4.81. The van der Waals surface area contributed by atoms with Crippen molar-refractivity contribution in [1.82, 2.24) is 4.98 Å². The number of hydrogen-bond donors (Lipinski definition) is 1. The molecule has 0 spiro atoms. The van der Waals surface area contributed by atoms with Crippen molar-refractivity contribution < 1.29 is 4.74 Å². The summed E-state index contributed by atoms with van der Waals surface area (Å²) in [6.07, 6.45) is 1.69. The molecule has 2 N–H and O–H groups in total. The summed E-state index contributed by atoms with van der Waals surface area (Å²) in [5, 5.41) is 1.59. The average molecular weight is 325 g/mol. The predicted octanol–water partition coefficient (Wildman–Crippen LogP) is 4.27. The van der Waals surface area contributed by atoms with Crippen molar-refractivity contribution in [2.45, 2.75) is 46.3 Å². The van der Waals surface area contributed by atoms with E-state index >= 15 is 0 Å². The Morgan fingerprint density at radius 3 is 2.76 bits per heavy atom. The molecule has 0 fully saturated rings. The van der Waals surface area contributed by atoms with E-state index in [0.29, 0.717) is 11.6 Å². The zero-order valence-electron chi connectivity index (χ0n) is 12.6. The summed E-state index contributed by atoms with van der Waals surface area (Å²) in [5.74, 6) is 0.730. The summed E-state index contributed by atoms with van der Waals surface area (Å²) in [6, 6.07) is 5.92. The normalized spacial score (nSPS) is 12.4. The Morgan fingerprint density at radius 1 is 1.38 bits per heavy atom. The van der Waals surface area contributed by atoms with Crippen LogP contribution in [0.4, 0.5) is 0 Å². The molecule has 0 aliphatic heterocycles. The molecule has 0 aliphatic rings. The molecular formula is C16H21ClN2OS. The van der Waals surface area contributed by atoms with Crippen LogP contribution < -0.4 is 10.5 Å². The second kappa shape index (κ2) is 7.25. The van der Waals surface area contributed by atoms with Gasteiger partial charge in [0.2, 0.25) is 0 Å². The standard InChI is InChI=1S/C16H21ClN2OS/c1-4-13(18)8-12-6-5-7-14(17)16(12)20-9-15-19-10(2)11(3)21-15/h5-7,13H,4,8-9,18H2,1-3H3. The lowest BCUT2D eigenvalue weighted by atomic mass is 10.0. The predicted molar refractivity (Wildman–Crippen MR) is 89.3 cm³/mol. The minimum atomic E-state index is 0.121. The largest absolute Gasteiger partial charge is 0.485 e. The molecule has 1 aromatic carbocycles. The Bertz CT molecular complexity index is 593. The molecule has 1 unspecified atom stereocenters. The van der Waals surface area contributed by atoms with Crippen molar-refractivity contribution in [3.05, 3.63) is 44.4 Å². The van der Waals surface area contributed by atoms with Gasteiger partial charge in [-0.05, 0) is 38.3 Å². The molecule has 21 heavy (non-hydrogen) atoms. The fraction of sp³-hybridized carbons (Fsp3) is 0.438. The quantitative estimate of drug-likeness (QED) is 0.863. The lowest BCUT2D eigenvalue weighted by Crippen LogP contribution is -2.21. The molecule has 0 saturated heterocycles. The fourth-order valence-electron chi connectivity index (χ4n) is 2.04. The molecular weight excluding hydrogens is 304 g/mol. The third kappa shape index (κ3) is 4.19. The summed E-state index contributed by atoms with van der Waals surface area (Å²) < 4.78 is 5.93. The second-order valence-electron chi connectivity index (χ2n) is 5.14. The first kappa shape index (κ1) is 16.3. The number of benzene rings is 1. The first-order valence-electron chi connectivity index (χ1n) is 7.10. The van der Waals surface area contributed by atoms with Crippen LogP contribution in [0.1, 0.15) is 34.5 Å². The van der Waals surface area contributed by atoms with Crippen LogP contribution in [0.15, 0.2) is 18.2 Å². The van der Waals surface area contributed by atoms with Crippen LogP contribution >= 0.6 is 22.9 Å². The lowest BCUT2D eigenvalue weighted by Gasteiger charge is -2.15. The maximum absolute atomic E-state index is 6.28. The van der Waals surface area contributed by atoms with Crippen molar-refractivity contribution >= 4 is 22.9 Å². The van der Waals surface area contributed by atoms with Gasteiger partial charge in [-0.15, -0.1) is 11.3 Å². The molecule has 0 amide bonds. The number of aryl methyl sites for hydroxylation is 2. The van der Waals surface area contributed by atoms with Crippen molar-refractivity contribution in [3.63, 3.8) is 0 Å². The maximum Gasteiger partial charge on any atom is 0.141 e. The molecule has 0 saturated carbocycles. The highest BCUT2D eigenvalue weighted by atomic mass is 35.5. The van der Waals surface area contributed by atoms with Crippen LogP contribution in [0.25, 0.3) is 0 Å². The Hall–Kier alpha value is -1.10. The summed E-state index contributed by atoms with van der Waals surface area (Å²) >= 11 is 7.94. The molecule has 1 aromatic heterocycles. The maximum atomic E-state index is 6.28. The molecule has 114 valence electrons. The highest BCUT2D eigenvalue weighted by molar-refractivity contribution is 7.11. The first-order valence-corrected chi connectivity index (χ1v) is 8.29. The van der Waals surface area contributed by atoms with Crippen molar-refractivity contribution in [2.24, 2.45) is 5.73 Å². The summed E-state index contributed by atoms with van der Waals surface area (Å²) in [5.41, 5.74) is 8.16. The summed E-state index contributed by atoms with van der Waals surface area (Å²) in [4.78, 5) is 5.71. The molecule has 0 aliphatic carbocycles. The Balaban J connectivity index is 2.14. The number of nitrogens with two attached hydrogens (primary N) is 1. The van der Waals surface area contributed by atoms with E-state index in [4.69, 9.17) is 22.1 Å². The van der Waals surface area contributed by atoms with E-state index in [0.717, 1.165) is 34.9 Å². The Kier molecular flexibility index (Phi) is 5.62. The molecule has 3 nitrogen and oxygen atoms in total. The number of para-hydroxylation sites is 1. The summed E-state index contributed by atoms with van der Waals surface area (Å²) in [6.45, 7) is 6.60. The van der Waals surface area contributed by atoms with Crippen LogP contribution in [0.2, 0.25) is 5.02 Å². The number of aromatic nitrogens is 1. The fourth-order valence-corrected chi connectivity index (χ4v) is 3.13. The molecule has 1 atom stereocenters. The van der Waals surface area contributed by atoms with Gasteiger partial charge in [-0.25, -0.2) is 4.98 Å². The van der Waals surface area contributed by atoms with Crippen molar-refractivity contribution in [1.29, 1.82) is 0 Å². The highest BCUT2D eigenvalue weighted by Crippen LogP contribution is 2.31. The van der Waals surface area contributed by atoms with E-state index in [9.17, 15) is 0 Å². The topological polar surface area (TPSA) is 48.1 Å². The van der Waals surface area contributed by atoms with Crippen LogP contribution in [0.3, 0.4) is 0 Å². The van der Waals surface area contributed by atoms with Gasteiger partial charge in [-0.1, -0.05) is 30.7 Å². The van der Waals surface area contributed by atoms with Gasteiger partial charge in [0.05, 0.1) is 10.7 Å². The molecule has 0 bridgehead atoms. The monoisotopic (exact) mass is 324 g/mol. The van der Waals surface area contributed by atoms with Crippen molar-refractivity contribution in [3.8, 4) is 5.75 Å². The van der Waals surface area contributed by atoms with Crippen LogP contribution in [0, 0.1) is 13.8 Å². The van der Waals surface area contributed by atoms with Crippen LogP contribution in [-0.2, 0) is 13.0 Å². The number of halogens is 1. The number of nitrogens with zero attached hydrogens (tertiary/aromatic N) is 1. The first-order chi connectivity index (χ1) is 10.0. The smallest absolute Gasteiger partial charge is 0.141 e. The lowest BCUT2D eigenvalue weighted by molar-refractivity contribution is 0.301. The average Bonchev–Trinajstić information content (AvgIpc) is 2.77. The number of thiazole rings is 1. The van der Waals surface area contributed by atoms with E-state index < -0.39 is 0 Å². The zero-order valence-corrected chi connectivity index (χ0v) is 14.2. The number of rotatable bonds is 6. The van der Waals surface area contributed by atoms with Gasteiger partial charge in [-0.3, -0.25) is 0 Å². The van der Waals surface area contributed by atoms with Gasteiger partial charge >= 0.3 is 0 Å². The molecule has 2 rings (SSSR count).